The summed E-state index contributed by atoms with van der Waals surface area (Å²) in [5.74, 6) is 2.44. The van der Waals surface area contributed by atoms with E-state index >= 15 is 0 Å². The van der Waals surface area contributed by atoms with Crippen molar-refractivity contribution in [2.45, 2.75) is 40.2 Å². The molecule has 0 radical (unpaired) electrons. The average molecular weight is 264 g/mol. The van der Waals surface area contributed by atoms with Crippen molar-refractivity contribution in [2.24, 2.45) is 11.8 Å². The molecule has 0 aromatic carbocycles. The summed E-state index contributed by atoms with van der Waals surface area (Å²) in [6, 6.07) is 0. The van der Waals surface area contributed by atoms with E-state index in [1.165, 1.54) is 25.9 Å². The van der Waals surface area contributed by atoms with Crippen molar-refractivity contribution < 1.29 is 0 Å². The Kier molecular flexibility index (Phi) is 4.86. The van der Waals surface area contributed by atoms with E-state index < -0.39 is 0 Å². The fourth-order valence-electron chi connectivity index (χ4n) is 2.82. The van der Waals surface area contributed by atoms with Crippen molar-refractivity contribution in [3.63, 3.8) is 0 Å². The first-order valence-electron chi connectivity index (χ1n) is 7.50. The Morgan fingerprint density at radius 3 is 2.95 bits per heavy atom. The van der Waals surface area contributed by atoms with Crippen LogP contribution in [0.1, 0.15) is 32.4 Å². The van der Waals surface area contributed by atoms with Gasteiger partial charge in [0, 0.05) is 25.8 Å². The molecular weight excluding hydrogens is 236 g/mol. The molecule has 2 rings (SSSR count). The zero-order valence-corrected chi connectivity index (χ0v) is 12.8. The Morgan fingerprint density at radius 1 is 1.47 bits per heavy atom. The lowest BCUT2D eigenvalue weighted by molar-refractivity contribution is 0.195. The molecule has 1 saturated heterocycles. The van der Waals surface area contributed by atoms with Crippen molar-refractivity contribution >= 4 is 5.95 Å². The van der Waals surface area contributed by atoms with Crippen molar-refractivity contribution in [3.8, 4) is 0 Å². The normalized spacial score (nSPS) is 21.0. The predicted octanol–water partition coefficient (Wildman–Crippen LogP) is 2.60. The maximum Gasteiger partial charge on any atom is 0.203 e. The highest BCUT2D eigenvalue weighted by atomic mass is 15.2. The lowest BCUT2D eigenvalue weighted by Crippen LogP contribution is -2.34. The first kappa shape index (κ1) is 14.4. The quantitative estimate of drug-likeness (QED) is 0.887. The molecule has 2 heterocycles. The molecule has 1 unspecified atom stereocenters. The Labute approximate surface area is 117 Å². The van der Waals surface area contributed by atoms with Crippen LogP contribution in [0.15, 0.2) is 6.20 Å². The molecule has 4 nitrogen and oxygen atoms in total. The van der Waals surface area contributed by atoms with E-state index in [-0.39, 0.29) is 0 Å². The summed E-state index contributed by atoms with van der Waals surface area (Å²) in [6.07, 6.45) is 4.84. The van der Waals surface area contributed by atoms with Gasteiger partial charge < -0.3 is 14.8 Å². The van der Waals surface area contributed by atoms with Gasteiger partial charge in [-0.2, -0.15) is 0 Å². The Balaban J connectivity index is 1.98. The second kappa shape index (κ2) is 6.42. The zero-order chi connectivity index (χ0) is 13.8. The van der Waals surface area contributed by atoms with E-state index in [1.807, 2.05) is 0 Å². The van der Waals surface area contributed by atoms with E-state index in [4.69, 9.17) is 0 Å². The van der Waals surface area contributed by atoms with Crippen molar-refractivity contribution in [3.05, 3.63) is 11.9 Å². The summed E-state index contributed by atoms with van der Waals surface area (Å²) >= 11 is 0. The number of likely N-dealkylation sites (tertiary alicyclic amines) is 1. The minimum absolute atomic E-state index is 0.645. The van der Waals surface area contributed by atoms with E-state index in [0.717, 1.165) is 30.6 Å². The van der Waals surface area contributed by atoms with Gasteiger partial charge >= 0.3 is 0 Å². The molecule has 1 aliphatic rings. The summed E-state index contributed by atoms with van der Waals surface area (Å²) < 4.78 is 2.31. The van der Waals surface area contributed by atoms with Gasteiger partial charge in [-0.05, 0) is 45.2 Å². The van der Waals surface area contributed by atoms with Gasteiger partial charge in [0.2, 0.25) is 5.95 Å². The summed E-state index contributed by atoms with van der Waals surface area (Å²) in [5, 5.41) is 3.47. The topological polar surface area (TPSA) is 33.1 Å². The number of hydrogen-bond donors (Lipinski definition) is 1. The van der Waals surface area contributed by atoms with Crippen molar-refractivity contribution in [1.29, 1.82) is 0 Å². The van der Waals surface area contributed by atoms with Gasteiger partial charge in [-0.1, -0.05) is 13.8 Å². The molecule has 0 spiro atoms. The number of aromatic nitrogens is 2. The van der Waals surface area contributed by atoms with Crippen LogP contribution < -0.4 is 5.32 Å². The van der Waals surface area contributed by atoms with Gasteiger partial charge in [-0.25, -0.2) is 4.98 Å². The first-order valence-corrected chi connectivity index (χ1v) is 7.50. The highest BCUT2D eigenvalue weighted by Gasteiger charge is 2.19. The molecule has 19 heavy (non-hydrogen) atoms. The van der Waals surface area contributed by atoms with E-state index in [9.17, 15) is 0 Å². The number of aryl methyl sites for hydroxylation is 1. The minimum atomic E-state index is 0.645. The van der Waals surface area contributed by atoms with Crippen LogP contribution in [0.5, 0.6) is 0 Å². The van der Waals surface area contributed by atoms with Crippen LogP contribution in [-0.2, 0) is 6.54 Å². The summed E-state index contributed by atoms with van der Waals surface area (Å²) in [7, 11) is 2.23. The summed E-state index contributed by atoms with van der Waals surface area (Å²) in [4.78, 5) is 7.05. The third-order valence-corrected chi connectivity index (χ3v) is 3.74. The summed E-state index contributed by atoms with van der Waals surface area (Å²) in [5.41, 5.74) is 1.11. The van der Waals surface area contributed by atoms with Gasteiger partial charge in [0.1, 0.15) is 0 Å². The second-order valence-electron chi connectivity index (χ2n) is 6.40. The van der Waals surface area contributed by atoms with Crippen molar-refractivity contribution in [1.82, 2.24) is 14.5 Å². The first-order chi connectivity index (χ1) is 9.04. The molecule has 1 atom stereocenters. The number of piperidine rings is 1. The predicted molar refractivity (Wildman–Crippen MR) is 80.5 cm³/mol. The maximum atomic E-state index is 4.61. The lowest BCUT2D eigenvalue weighted by atomic mass is 9.98. The number of anilines is 1. The smallest absolute Gasteiger partial charge is 0.203 e. The van der Waals surface area contributed by atoms with Gasteiger partial charge in [0.25, 0.3) is 0 Å². The maximum absolute atomic E-state index is 4.61. The number of rotatable bonds is 5. The van der Waals surface area contributed by atoms with Gasteiger partial charge in [-0.3, -0.25) is 0 Å². The molecule has 4 heteroatoms. The Bertz CT molecular complexity index is 397. The van der Waals surface area contributed by atoms with Crippen LogP contribution in [0, 0.1) is 18.8 Å². The lowest BCUT2D eigenvalue weighted by Gasteiger charge is -2.30. The van der Waals surface area contributed by atoms with Crippen LogP contribution in [-0.4, -0.2) is 41.1 Å². The zero-order valence-electron chi connectivity index (χ0n) is 12.8. The number of imidazole rings is 1. The van der Waals surface area contributed by atoms with E-state index in [1.54, 1.807) is 0 Å². The van der Waals surface area contributed by atoms with Crippen LogP contribution in [0.4, 0.5) is 5.95 Å². The van der Waals surface area contributed by atoms with E-state index in [2.05, 4.69) is 53.8 Å². The SMILES string of the molecule is Cc1cn(CC2CCCN(C)C2)c(NCC(C)C)n1. The summed E-state index contributed by atoms with van der Waals surface area (Å²) in [6.45, 7) is 11.1. The molecule has 1 aliphatic heterocycles. The molecule has 0 saturated carbocycles. The number of nitrogens with one attached hydrogen (secondary N) is 1. The van der Waals surface area contributed by atoms with Crippen LogP contribution in [0.25, 0.3) is 0 Å². The van der Waals surface area contributed by atoms with Gasteiger partial charge in [0.15, 0.2) is 0 Å². The monoisotopic (exact) mass is 264 g/mol. The minimum Gasteiger partial charge on any atom is -0.355 e. The van der Waals surface area contributed by atoms with Crippen molar-refractivity contribution in [2.75, 3.05) is 32.0 Å². The Hall–Kier alpha value is -1.03. The average Bonchev–Trinajstić information content (AvgIpc) is 2.67. The largest absolute Gasteiger partial charge is 0.355 e. The van der Waals surface area contributed by atoms with Crippen LogP contribution >= 0.6 is 0 Å². The Morgan fingerprint density at radius 2 is 2.26 bits per heavy atom. The molecule has 0 bridgehead atoms. The molecule has 0 aliphatic carbocycles. The second-order valence-corrected chi connectivity index (χ2v) is 6.40. The number of nitrogens with zero attached hydrogens (tertiary/aromatic N) is 3. The standard InChI is InChI=1S/C15H28N4/c1-12(2)8-16-15-17-13(3)9-19(15)11-14-6-5-7-18(4)10-14/h9,12,14H,5-8,10-11H2,1-4H3,(H,16,17). The van der Waals surface area contributed by atoms with Gasteiger partial charge in [-0.15, -0.1) is 0 Å². The number of hydrogen-bond acceptors (Lipinski definition) is 3. The highest BCUT2D eigenvalue weighted by Crippen LogP contribution is 2.19. The molecule has 1 aromatic rings. The van der Waals surface area contributed by atoms with Crippen LogP contribution in [0.2, 0.25) is 0 Å². The van der Waals surface area contributed by atoms with Gasteiger partial charge in [0.05, 0.1) is 5.69 Å². The molecule has 0 amide bonds. The molecular formula is C15H28N4. The van der Waals surface area contributed by atoms with E-state index in [0.29, 0.717) is 5.92 Å². The fourth-order valence-corrected chi connectivity index (χ4v) is 2.82. The third-order valence-electron chi connectivity index (χ3n) is 3.74. The van der Waals surface area contributed by atoms with Crippen LogP contribution in [0.3, 0.4) is 0 Å². The molecule has 1 aromatic heterocycles. The molecule has 108 valence electrons. The third kappa shape index (κ3) is 4.23. The fraction of sp³-hybridized carbons (Fsp3) is 0.800. The molecule has 1 N–H and O–H groups in total. The highest BCUT2D eigenvalue weighted by molar-refractivity contribution is 5.28. The molecule has 1 fully saturated rings.